The van der Waals surface area contributed by atoms with E-state index in [1.165, 1.54) is 11.3 Å². The molecule has 5 heterocycles. The third-order valence-corrected chi connectivity index (χ3v) is 6.20. The molecule has 2 bridgehead atoms. The van der Waals surface area contributed by atoms with E-state index in [0.717, 1.165) is 49.6 Å². The number of aromatic nitrogens is 2. The van der Waals surface area contributed by atoms with Gasteiger partial charge in [0.15, 0.2) is 0 Å². The molecule has 3 saturated heterocycles. The smallest absolute Gasteiger partial charge is 0.255 e. The summed E-state index contributed by atoms with van der Waals surface area (Å²) in [6.07, 6.45) is 4.12. The molecule has 3 aliphatic heterocycles. The normalized spacial score (nSPS) is 24.3. The summed E-state index contributed by atoms with van der Waals surface area (Å²) < 4.78 is 0. The topological polar surface area (TPSA) is 52.2 Å². The first-order chi connectivity index (χ1) is 11.6. The summed E-state index contributed by atoms with van der Waals surface area (Å²) in [6.45, 7) is 7.93. The fourth-order valence-corrected chi connectivity index (χ4v) is 4.71. The average molecular weight is 344 g/mol. The second-order valence-electron chi connectivity index (χ2n) is 7.17. The van der Waals surface area contributed by atoms with Crippen LogP contribution in [0.3, 0.4) is 0 Å². The maximum atomic E-state index is 12.9. The van der Waals surface area contributed by atoms with E-state index < -0.39 is 0 Å². The van der Waals surface area contributed by atoms with Crippen LogP contribution in [0.1, 0.15) is 39.5 Å². The molecule has 3 aliphatic rings. The van der Waals surface area contributed by atoms with E-state index in [-0.39, 0.29) is 5.91 Å². The summed E-state index contributed by atoms with van der Waals surface area (Å²) in [5.41, 5.74) is 3.13. The van der Waals surface area contributed by atoms with Crippen molar-refractivity contribution in [1.82, 2.24) is 19.8 Å². The molecule has 1 amide bonds. The van der Waals surface area contributed by atoms with Crippen molar-refractivity contribution in [3.63, 3.8) is 0 Å². The van der Waals surface area contributed by atoms with Gasteiger partial charge in [-0.25, -0.2) is 4.98 Å². The molecule has 24 heavy (non-hydrogen) atoms. The molecular weight excluding hydrogens is 320 g/mol. The fourth-order valence-electron chi connectivity index (χ4n) is 4.04. The van der Waals surface area contributed by atoms with Gasteiger partial charge in [-0.3, -0.25) is 9.69 Å². The van der Waals surface area contributed by atoms with E-state index in [1.807, 2.05) is 11.4 Å². The van der Waals surface area contributed by atoms with Gasteiger partial charge in [-0.2, -0.15) is 0 Å². The first-order valence-electron chi connectivity index (χ1n) is 8.67. The van der Waals surface area contributed by atoms with Gasteiger partial charge in [-0.1, -0.05) is 0 Å². The van der Waals surface area contributed by atoms with Crippen LogP contribution in [0.2, 0.25) is 0 Å². The number of imidazole rings is 1. The van der Waals surface area contributed by atoms with Gasteiger partial charge >= 0.3 is 0 Å². The number of thiophene rings is 1. The number of carbonyl (C=O) groups excluding carboxylic acids is 1. The van der Waals surface area contributed by atoms with Crippen LogP contribution in [0.4, 0.5) is 0 Å². The van der Waals surface area contributed by atoms with Crippen LogP contribution in [0.5, 0.6) is 0 Å². The maximum absolute atomic E-state index is 12.9. The third-order valence-electron chi connectivity index (χ3n) is 5.34. The van der Waals surface area contributed by atoms with Crippen LogP contribution in [0, 0.1) is 19.8 Å². The Balaban J connectivity index is 1.50. The Labute approximate surface area is 146 Å². The number of nitrogens with one attached hydrogen (secondary N) is 1. The second kappa shape index (κ2) is 6.33. The Morgan fingerprint density at radius 3 is 2.92 bits per heavy atom. The summed E-state index contributed by atoms with van der Waals surface area (Å²) in [5, 5.41) is 2.00. The lowest BCUT2D eigenvalue weighted by molar-refractivity contribution is 0.0585. The van der Waals surface area contributed by atoms with Crippen LogP contribution in [0.25, 0.3) is 0 Å². The minimum Gasteiger partial charge on any atom is -0.348 e. The number of hydrogen-bond donors (Lipinski definition) is 1. The van der Waals surface area contributed by atoms with Crippen molar-refractivity contribution in [1.29, 1.82) is 0 Å². The molecule has 0 spiro atoms. The molecule has 6 heteroatoms. The van der Waals surface area contributed by atoms with Crippen molar-refractivity contribution >= 4 is 17.2 Å². The van der Waals surface area contributed by atoms with Crippen molar-refractivity contribution in [3.8, 4) is 0 Å². The number of fused-ring (bicyclic) bond motifs is 4. The number of rotatable bonds is 3. The molecule has 0 aliphatic carbocycles. The Hall–Kier alpha value is -1.66. The summed E-state index contributed by atoms with van der Waals surface area (Å²) >= 11 is 1.66. The van der Waals surface area contributed by atoms with E-state index in [0.29, 0.717) is 12.0 Å². The van der Waals surface area contributed by atoms with Gasteiger partial charge in [0.1, 0.15) is 0 Å². The molecule has 2 atom stereocenters. The lowest BCUT2D eigenvalue weighted by atomic mass is 9.94. The molecule has 128 valence electrons. The van der Waals surface area contributed by atoms with Crippen LogP contribution >= 0.6 is 11.3 Å². The molecular formula is C18H24N4OS. The quantitative estimate of drug-likeness (QED) is 0.931. The van der Waals surface area contributed by atoms with Gasteiger partial charge in [0, 0.05) is 48.2 Å². The maximum Gasteiger partial charge on any atom is 0.255 e. The second-order valence-corrected chi connectivity index (χ2v) is 8.28. The molecule has 5 rings (SSSR count). The number of H-pyrrole nitrogens is 1. The fraction of sp³-hybridized carbons (Fsp3) is 0.556. The Morgan fingerprint density at radius 1 is 1.33 bits per heavy atom. The molecule has 1 N–H and O–H groups in total. The van der Waals surface area contributed by atoms with Crippen LogP contribution in [-0.4, -0.2) is 51.4 Å². The van der Waals surface area contributed by atoms with Gasteiger partial charge in [-0.15, -0.1) is 11.3 Å². The lowest BCUT2D eigenvalue weighted by Gasteiger charge is -2.36. The number of hydrogen-bond acceptors (Lipinski definition) is 4. The zero-order chi connectivity index (χ0) is 16.7. The van der Waals surface area contributed by atoms with Gasteiger partial charge in [0.25, 0.3) is 5.91 Å². The summed E-state index contributed by atoms with van der Waals surface area (Å²) in [6, 6.07) is 2.35. The largest absolute Gasteiger partial charge is 0.348 e. The van der Waals surface area contributed by atoms with Crippen LogP contribution < -0.4 is 0 Å². The highest BCUT2D eigenvalue weighted by Gasteiger charge is 2.37. The highest BCUT2D eigenvalue weighted by Crippen LogP contribution is 2.30. The van der Waals surface area contributed by atoms with Crippen molar-refractivity contribution in [2.45, 2.75) is 39.3 Å². The minimum atomic E-state index is 0.215. The number of carbonyl (C=O) groups is 1. The monoisotopic (exact) mass is 344 g/mol. The number of nitrogens with zero attached hydrogens (tertiary/aromatic N) is 3. The summed E-state index contributed by atoms with van der Waals surface area (Å²) in [4.78, 5) is 26.3. The Bertz CT molecular complexity index is 737. The molecule has 2 aromatic rings. The summed E-state index contributed by atoms with van der Waals surface area (Å²) in [5.74, 6) is 0.790. The number of piperidine rings is 1. The van der Waals surface area contributed by atoms with Gasteiger partial charge < -0.3 is 9.88 Å². The van der Waals surface area contributed by atoms with Crippen molar-refractivity contribution in [2.24, 2.45) is 5.92 Å². The molecule has 0 radical (unpaired) electrons. The third kappa shape index (κ3) is 3.00. The first kappa shape index (κ1) is 15.8. The Kier molecular flexibility index (Phi) is 4.18. The molecule has 5 nitrogen and oxygen atoms in total. The minimum absolute atomic E-state index is 0.215. The highest BCUT2D eigenvalue weighted by atomic mass is 32.1. The van der Waals surface area contributed by atoms with Crippen LogP contribution in [-0.2, 0) is 6.54 Å². The molecule has 3 fully saturated rings. The van der Waals surface area contributed by atoms with Gasteiger partial charge in [0.2, 0.25) is 0 Å². The van der Waals surface area contributed by atoms with E-state index in [4.69, 9.17) is 0 Å². The highest BCUT2D eigenvalue weighted by molar-refractivity contribution is 7.10. The molecule has 0 aromatic carbocycles. The van der Waals surface area contributed by atoms with E-state index >= 15 is 0 Å². The van der Waals surface area contributed by atoms with Crippen molar-refractivity contribution in [2.75, 3.05) is 19.6 Å². The molecule has 0 unspecified atom stereocenters. The predicted molar refractivity (Wildman–Crippen MR) is 95.2 cm³/mol. The van der Waals surface area contributed by atoms with E-state index in [1.54, 1.807) is 17.7 Å². The number of amides is 1. The zero-order valence-corrected chi connectivity index (χ0v) is 15.1. The van der Waals surface area contributed by atoms with E-state index in [2.05, 4.69) is 33.6 Å². The zero-order valence-electron chi connectivity index (χ0n) is 14.3. The Morgan fingerprint density at radius 2 is 2.21 bits per heavy atom. The van der Waals surface area contributed by atoms with Crippen molar-refractivity contribution < 1.29 is 4.79 Å². The number of aryl methyl sites for hydroxylation is 2. The number of aromatic amines is 1. The lowest BCUT2D eigenvalue weighted by Crippen LogP contribution is -2.47. The molecule has 0 saturated carbocycles. The average Bonchev–Trinajstić information content (AvgIpc) is 3.06. The molecule has 2 aromatic heterocycles. The van der Waals surface area contributed by atoms with Gasteiger partial charge in [-0.05, 0) is 38.7 Å². The predicted octanol–water partition coefficient (Wildman–Crippen LogP) is 2.82. The van der Waals surface area contributed by atoms with Gasteiger partial charge in [0.05, 0.1) is 17.6 Å². The summed E-state index contributed by atoms with van der Waals surface area (Å²) in [7, 11) is 0. The van der Waals surface area contributed by atoms with E-state index in [9.17, 15) is 4.79 Å². The first-order valence-corrected chi connectivity index (χ1v) is 9.55. The van der Waals surface area contributed by atoms with Crippen molar-refractivity contribution in [3.05, 3.63) is 39.6 Å². The standard InChI is InChI=1S/C18H24N4OS/c1-12-5-15(10-24-12)18(23)22-7-14-3-4-16(22)8-21(6-14)9-17-13(2)19-11-20-17/h5,10-11,14,16H,3-4,6-9H2,1-2H3,(H,19,20)/t14-,16+/m0/s1. The SMILES string of the molecule is Cc1cc(C(=O)N2C[C@H]3CC[C@@H]2CN(Cc2nc[nH]c2C)C3)cs1. The van der Waals surface area contributed by atoms with Crippen LogP contribution in [0.15, 0.2) is 17.8 Å².